The molecular formula is C16H17BrN2O2. The van der Waals surface area contributed by atoms with Gasteiger partial charge in [-0.15, -0.1) is 0 Å². The molecule has 5 heteroatoms. The van der Waals surface area contributed by atoms with Gasteiger partial charge in [-0.2, -0.15) is 0 Å². The molecular weight excluding hydrogens is 332 g/mol. The third-order valence-electron chi connectivity index (χ3n) is 2.99. The average molecular weight is 349 g/mol. The Balaban J connectivity index is 2.34. The Hall–Kier alpha value is -2.01. The Bertz CT molecular complexity index is 671. The van der Waals surface area contributed by atoms with E-state index in [2.05, 4.69) is 21.2 Å². The number of benzene rings is 2. The maximum Gasteiger partial charge on any atom is 0.340 e. The number of rotatable bonds is 4. The zero-order valence-corrected chi connectivity index (χ0v) is 13.5. The molecule has 0 aliphatic carbocycles. The molecule has 0 atom stereocenters. The average Bonchev–Trinajstić information content (AvgIpc) is 2.45. The van der Waals surface area contributed by atoms with Gasteiger partial charge in [-0.25, -0.2) is 4.79 Å². The first-order chi connectivity index (χ1) is 10.0. The third-order valence-corrected chi connectivity index (χ3v) is 3.84. The van der Waals surface area contributed by atoms with Crippen molar-refractivity contribution >= 4 is 39.0 Å². The van der Waals surface area contributed by atoms with Gasteiger partial charge < -0.3 is 15.8 Å². The lowest BCUT2D eigenvalue weighted by Crippen LogP contribution is -2.08. The molecule has 3 N–H and O–H groups in total. The van der Waals surface area contributed by atoms with E-state index in [4.69, 9.17) is 10.5 Å². The van der Waals surface area contributed by atoms with Crippen LogP contribution in [0.2, 0.25) is 0 Å². The van der Waals surface area contributed by atoms with Crippen LogP contribution in [-0.2, 0) is 4.74 Å². The fourth-order valence-corrected chi connectivity index (χ4v) is 2.25. The summed E-state index contributed by atoms with van der Waals surface area (Å²) in [4.78, 5) is 12.0. The van der Waals surface area contributed by atoms with Crippen LogP contribution < -0.4 is 11.1 Å². The number of hydrogen-bond acceptors (Lipinski definition) is 4. The summed E-state index contributed by atoms with van der Waals surface area (Å²) in [5.41, 5.74) is 9.39. The summed E-state index contributed by atoms with van der Waals surface area (Å²) >= 11 is 3.49. The van der Waals surface area contributed by atoms with E-state index in [0.717, 1.165) is 15.7 Å². The van der Waals surface area contributed by atoms with Gasteiger partial charge in [-0.3, -0.25) is 0 Å². The van der Waals surface area contributed by atoms with Crippen molar-refractivity contribution in [3.63, 3.8) is 0 Å². The standard InChI is InChI=1S/C16H17BrN2O2/c1-3-21-16(20)13-8-11(18)5-7-15(13)19-12-6-4-10(2)14(17)9-12/h4-9,19H,3,18H2,1-2H3. The van der Waals surface area contributed by atoms with Crippen molar-refractivity contribution in [1.29, 1.82) is 0 Å². The molecule has 0 amide bonds. The summed E-state index contributed by atoms with van der Waals surface area (Å²) in [6, 6.07) is 11.0. The van der Waals surface area contributed by atoms with Gasteiger partial charge in [0.05, 0.1) is 17.9 Å². The molecule has 0 heterocycles. The Labute approximate surface area is 132 Å². The van der Waals surface area contributed by atoms with Crippen LogP contribution in [0.4, 0.5) is 17.1 Å². The minimum Gasteiger partial charge on any atom is -0.462 e. The molecule has 0 unspecified atom stereocenters. The van der Waals surface area contributed by atoms with E-state index in [9.17, 15) is 4.79 Å². The molecule has 4 nitrogen and oxygen atoms in total. The topological polar surface area (TPSA) is 64.3 Å². The molecule has 110 valence electrons. The maximum absolute atomic E-state index is 12.0. The molecule has 2 aromatic rings. The van der Waals surface area contributed by atoms with Crippen LogP contribution in [0, 0.1) is 6.92 Å². The van der Waals surface area contributed by atoms with E-state index in [1.54, 1.807) is 25.1 Å². The summed E-state index contributed by atoms with van der Waals surface area (Å²) in [5, 5.41) is 3.22. The van der Waals surface area contributed by atoms with Crippen molar-refractivity contribution in [2.75, 3.05) is 17.7 Å². The predicted molar refractivity (Wildman–Crippen MR) is 89.0 cm³/mol. The van der Waals surface area contributed by atoms with Gasteiger partial charge in [0.2, 0.25) is 0 Å². The largest absolute Gasteiger partial charge is 0.462 e. The minimum atomic E-state index is -0.390. The number of anilines is 3. The SMILES string of the molecule is CCOC(=O)c1cc(N)ccc1Nc1ccc(C)c(Br)c1. The number of nitrogens with one attached hydrogen (secondary N) is 1. The van der Waals surface area contributed by atoms with Crippen molar-refractivity contribution in [3.05, 3.63) is 52.0 Å². The van der Waals surface area contributed by atoms with E-state index in [-0.39, 0.29) is 0 Å². The highest BCUT2D eigenvalue weighted by atomic mass is 79.9. The van der Waals surface area contributed by atoms with E-state index < -0.39 is 5.97 Å². The van der Waals surface area contributed by atoms with Gasteiger partial charge in [-0.1, -0.05) is 22.0 Å². The summed E-state index contributed by atoms with van der Waals surface area (Å²) < 4.78 is 6.06. The molecule has 0 saturated carbocycles. The van der Waals surface area contributed by atoms with Gasteiger partial charge in [-0.05, 0) is 49.7 Å². The highest BCUT2D eigenvalue weighted by molar-refractivity contribution is 9.10. The van der Waals surface area contributed by atoms with Crippen LogP contribution in [0.1, 0.15) is 22.8 Å². The Morgan fingerprint density at radius 2 is 2.05 bits per heavy atom. The lowest BCUT2D eigenvalue weighted by atomic mass is 10.1. The Morgan fingerprint density at radius 1 is 1.29 bits per heavy atom. The van der Waals surface area contributed by atoms with E-state index in [1.807, 2.05) is 25.1 Å². The number of carbonyl (C=O) groups is 1. The highest BCUT2D eigenvalue weighted by Crippen LogP contribution is 2.27. The van der Waals surface area contributed by atoms with Crippen molar-refractivity contribution in [2.45, 2.75) is 13.8 Å². The lowest BCUT2D eigenvalue weighted by Gasteiger charge is -2.13. The number of aryl methyl sites for hydroxylation is 1. The first-order valence-electron chi connectivity index (χ1n) is 6.61. The number of halogens is 1. The fraction of sp³-hybridized carbons (Fsp3) is 0.188. The highest BCUT2D eigenvalue weighted by Gasteiger charge is 2.13. The summed E-state index contributed by atoms with van der Waals surface area (Å²) in [7, 11) is 0. The van der Waals surface area contributed by atoms with Crippen LogP contribution in [0.25, 0.3) is 0 Å². The van der Waals surface area contributed by atoms with Crippen LogP contribution in [0.5, 0.6) is 0 Å². The first-order valence-corrected chi connectivity index (χ1v) is 7.40. The van der Waals surface area contributed by atoms with Crippen molar-refractivity contribution < 1.29 is 9.53 Å². The first kappa shape index (κ1) is 15.4. The molecule has 21 heavy (non-hydrogen) atoms. The van der Waals surface area contributed by atoms with Crippen LogP contribution in [0.15, 0.2) is 40.9 Å². The Kier molecular flexibility index (Phi) is 4.85. The second-order valence-electron chi connectivity index (χ2n) is 4.61. The molecule has 2 aromatic carbocycles. The second-order valence-corrected chi connectivity index (χ2v) is 5.47. The molecule has 0 aliphatic heterocycles. The third kappa shape index (κ3) is 3.76. The number of esters is 1. The Morgan fingerprint density at radius 3 is 2.71 bits per heavy atom. The number of carbonyl (C=O) groups excluding carboxylic acids is 1. The molecule has 2 rings (SSSR count). The zero-order valence-electron chi connectivity index (χ0n) is 11.9. The van der Waals surface area contributed by atoms with Crippen LogP contribution in [-0.4, -0.2) is 12.6 Å². The molecule has 0 radical (unpaired) electrons. The van der Waals surface area contributed by atoms with Gasteiger partial charge in [0.15, 0.2) is 0 Å². The van der Waals surface area contributed by atoms with E-state index in [1.165, 1.54) is 0 Å². The monoisotopic (exact) mass is 348 g/mol. The van der Waals surface area contributed by atoms with Gasteiger partial charge in [0.1, 0.15) is 0 Å². The smallest absolute Gasteiger partial charge is 0.340 e. The molecule has 0 aromatic heterocycles. The normalized spacial score (nSPS) is 10.2. The zero-order chi connectivity index (χ0) is 15.4. The van der Waals surface area contributed by atoms with Gasteiger partial charge in [0.25, 0.3) is 0 Å². The van der Waals surface area contributed by atoms with Gasteiger partial charge >= 0.3 is 5.97 Å². The molecule has 0 saturated heterocycles. The van der Waals surface area contributed by atoms with Crippen LogP contribution in [0.3, 0.4) is 0 Å². The van der Waals surface area contributed by atoms with E-state index >= 15 is 0 Å². The number of nitrogens with two attached hydrogens (primary N) is 1. The van der Waals surface area contributed by atoms with Crippen molar-refractivity contribution in [1.82, 2.24) is 0 Å². The molecule has 0 fully saturated rings. The summed E-state index contributed by atoms with van der Waals surface area (Å²) in [5.74, 6) is -0.390. The number of ether oxygens (including phenoxy) is 1. The molecule has 0 spiro atoms. The summed E-state index contributed by atoms with van der Waals surface area (Å²) in [6.07, 6.45) is 0. The minimum absolute atomic E-state index is 0.323. The summed E-state index contributed by atoms with van der Waals surface area (Å²) in [6.45, 7) is 4.11. The maximum atomic E-state index is 12.0. The second kappa shape index (κ2) is 6.63. The number of nitrogen functional groups attached to an aromatic ring is 1. The fourth-order valence-electron chi connectivity index (χ4n) is 1.87. The molecule has 0 bridgehead atoms. The van der Waals surface area contributed by atoms with Crippen LogP contribution >= 0.6 is 15.9 Å². The predicted octanol–water partition coefficient (Wildman–Crippen LogP) is 4.26. The van der Waals surface area contributed by atoms with Crippen molar-refractivity contribution in [3.8, 4) is 0 Å². The number of hydrogen-bond donors (Lipinski definition) is 2. The quantitative estimate of drug-likeness (QED) is 0.639. The van der Waals surface area contributed by atoms with Gasteiger partial charge in [0, 0.05) is 15.8 Å². The van der Waals surface area contributed by atoms with Crippen molar-refractivity contribution in [2.24, 2.45) is 0 Å². The lowest BCUT2D eigenvalue weighted by molar-refractivity contribution is 0.0527. The van der Waals surface area contributed by atoms with E-state index in [0.29, 0.717) is 23.5 Å². The molecule has 0 aliphatic rings.